The van der Waals surface area contributed by atoms with E-state index in [9.17, 15) is 0 Å². The van der Waals surface area contributed by atoms with E-state index in [1.165, 1.54) is 33.4 Å². The highest BCUT2D eigenvalue weighted by molar-refractivity contribution is 5.89. The first-order valence-corrected chi connectivity index (χ1v) is 16.9. The maximum Gasteiger partial charge on any atom is 0.0713 e. The van der Waals surface area contributed by atoms with E-state index in [2.05, 4.69) is 144 Å². The van der Waals surface area contributed by atoms with Crippen LogP contribution in [-0.2, 0) is 5.41 Å². The fraction of sp³-hybridized carbons (Fsp3) is 0.0204. The van der Waals surface area contributed by atoms with Crippen molar-refractivity contribution in [3.8, 4) is 33.4 Å². The lowest BCUT2D eigenvalue weighted by atomic mass is 9.67. The first kappa shape index (κ1) is 24.7. The zero-order valence-corrected chi connectivity index (χ0v) is 27.3. The minimum absolute atomic E-state index is 0.189. The van der Waals surface area contributed by atoms with Gasteiger partial charge in [-0.2, -0.15) is 0 Å². The van der Waals surface area contributed by atoms with Gasteiger partial charge in [-0.05, 0) is 98.1 Å². The van der Waals surface area contributed by atoms with Crippen LogP contribution in [0.3, 0.4) is 0 Å². The first-order chi connectivity index (χ1) is 26.9. The Morgan fingerprint density at radius 1 is 0.360 bits per heavy atom. The van der Waals surface area contributed by atoms with Crippen LogP contribution in [-0.4, -0.2) is 0 Å². The number of fused-ring (bicyclic) bond motifs is 3. The molecule has 0 atom stereocenters. The molecule has 0 N–H and O–H groups in total. The molecule has 8 aromatic rings. The number of nitrogens with zero attached hydrogens (tertiary/aromatic N) is 1. The smallest absolute Gasteiger partial charge is 0.0713 e. The van der Waals surface area contributed by atoms with Crippen molar-refractivity contribution in [2.75, 3.05) is 4.90 Å². The molecule has 1 nitrogen and oxygen atoms in total. The summed E-state index contributed by atoms with van der Waals surface area (Å²) in [4.78, 5) is 2.16. The predicted octanol–water partition coefficient (Wildman–Crippen LogP) is 12.9. The lowest BCUT2D eigenvalue weighted by molar-refractivity contribution is 0.769. The average molecular weight is 643 g/mol. The van der Waals surface area contributed by atoms with Gasteiger partial charge in [-0.3, -0.25) is 0 Å². The average Bonchev–Trinajstić information content (AvgIpc) is 3.54. The van der Waals surface area contributed by atoms with Crippen molar-refractivity contribution in [2.24, 2.45) is 0 Å². The Balaban J connectivity index is 1.13. The van der Waals surface area contributed by atoms with E-state index < -0.39 is 11.5 Å². The number of para-hydroxylation sites is 1. The second-order valence-corrected chi connectivity index (χ2v) is 12.6. The van der Waals surface area contributed by atoms with Gasteiger partial charge in [-0.25, -0.2) is 0 Å². The monoisotopic (exact) mass is 642 g/mol. The molecule has 0 bridgehead atoms. The highest BCUT2D eigenvalue weighted by atomic mass is 15.1. The molecule has 0 unspecified atom stereocenters. The first-order valence-electron chi connectivity index (χ1n) is 19.4. The third kappa shape index (κ3) is 4.95. The lowest BCUT2D eigenvalue weighted by Gasteiger charge is -2.34. The quantitative estimate of drug-likeness (QED) is 0.167. The summed E-state index contributed by atoms with van der Waals surface area (Å²) in [5.74, 6) is 0. The number of rotatable bonds is 7. The molecule has 0 saturated carbocycles. The van der Waals surface area contributed by atoms with E-state index in [0.717, 1.165) is 28.2 Å². The standard InChI is InChI=1S/C49H35N/c1-5-15-36(16-6-1)37-25-30-43(31-26-37)50(42-21-11-4-12-22-42)44-32-27-38(28-33-44)39-29-34-46-45-23-13-14-24-47(45)49(48(46)35-39,40-17-7-2-8-18-40)41-19-9-3-10-20-41/h1-35H/i1D,5D,6D,15D,16D. The third-order valence-electron chi connectivity index (χ3n) is 9.85. The van der Waals surface area contributed by atoms with Crippen LogP contribution in [0.1, 0.15) is 29.1 Å². The third-order valence-corrected chi connectivity index (χ3v) is 9.85. The fourth-order valence-electron chi connectivity index (χ4n) is 7.62. The summed E-state index contributed by atoms with van der Waals surface area (Å²) >= 11 is 0. The van der Waals surface area contributed by atoms with Crippen molar-refractivity contribution in [1.82, 2.24) is 0 Å². The zero-order chi connectivity index (χ0) is 37.7. The summed E-state index contributed by atoms with van der Waals surface area (Å²) in [6.45, 7) is 0. The number of benzene rings is 8. The Labute approximate surface area is 301 Å². The van der Waals surface area contributed by atoms with Gasteiger partial charge in [0, 0.05) is 17.1 Å². The molecule has 9 rings (SSSR count). The van der Waals surface area contributed by atoms with Crippen LogP contribution >= 0.6 is 0 Å². The van der Waals surface area contributed by atoms with Gasteiger partial charge in [0.1, 0.15) is 0 Å². The van der Waals surface area contributed by atoms with Gasteiger partial charge in [-0.1, -0.05) is 170 Å². The van der Waals surface area contributed by atoms with E-state index in [1.807, 2.05) is 42.5 Å². The minimum Gasteiger partial charge on any atom is -0.311 e. The Morgan fingerprint density at radius 3 is 1.42 bits per heavy atom. The van der Waals surface area contributed by atoms with Crippen LogP contribution in [0.15, 0.2) is 212 Å². The second kappa shape index (κ2) is 12.5. The van der Waals surface area contributed by atoms with Crippen LogP contribution < -0.4 is 4.90 Å². The molecule has 50 heavy (non-hydrogen) atoms. The number of hydrogen-bond acceptors (Lipinski definition) is 1. The molecular weight excluding hydrogens is 603 g/mol. The SMILES string of the molecule is [2H]c1c([2H])c([2H])c(-c2ccc(N(c3ccccc3)c3ccc(-c4ccc5c(c4)C(c4ccccc4)(c4ccccc4)c4ccccc4-5)cc3)cc2)c([2H])c1[2H]. The molecule has 8 aromatic carbocycles. The summed E-state index contributed by atoms with van der Waals surface area (Å²) in [6, 6.07) is 62.0. The lowest BCUT2D eigenvalue weighted by Crippen LogP contribution is -2.28. The number of hydrogen-bond donors (Lipinski definition) is 0. The van der Waals surface area contributed by atoms with Gasteiger partial charge >= 0.3 is 0 Å². The molecule has 0 spiro atoms. The van der Waals surface area contributed by atoms with Crippen molar-refractivity contribution in [3.63, 3.8) is 0 Å². The van der Waals surface area contributed by atoms with Gasteiger partial charge in [0.15, 0.2) is 0 Å². The fourth-order valence-corrected chi connectivity index (χ4v) is 7.62. The topological polar surface area (TPSA) is 3.24 Å². The Morgan fingerprint density at radius 2 is 0.820 bits per heavy atom. The molecule has 1 heteroatoms. The van der Waals surface area contributed by atoms with Crippen molar-refractivity contribution < 1.29 is 6.85 Å². The maximum absolute atomic E-state index is 8.47. The van der Waals surface area contributed by atoms with E-state index in [0.29, 0.717) is 5.56 Å². The minimum atomic E-state index is -0.476. The maximum atomic E-state index is 8.47. The molecule has 0 fully saturated rings. The van der Waals surface area contributed by atoms with Crippen LogP contribution in [0.5, 0.6) is 0 Å². The normalized spacial score (nSPS) is 14.0. The highest BCUT2D eigenvalue weighted by Gasteiger charge is 2.46. The van der Waals surface area contributed by atoms with Crippen molar-refractivity contribution in [1.29, 1.82) is 0 Å². The van der Waals surface area contributed by atoms with Gasteiger partial charge in [0.2, 0.25) is 0 Å². The van der Waals surface area contributed by atoms with Gasteiger partial charge in [0.25, 0.3) is 0 Å². The summed E-state index contributed by atoms with van der Waals surface area (Å²) in [5, 5.41) is 0. The van der Waals surface area contributed by atoms with Gasteiger partial charge in [0.05, 0.1) is 12.3 Å². The zero-order valence-electron chi connectivity index (χ0n) is 32.3. The molecule has 0 amide bonds. The van der Waals surface area contributed by atoms with Crippen LogP contribution in [0.25, 0.3) is 33.4 Å². The Bertz CT molecular complexity index is 2610. The van der Waals surface area contributed by atoms with E-state index >= 15 is 0 Å². The van der Waals surface area contributed by atoms with Crippen LogP contribution in [0, 0.1) is 0 Å². The van der Waals surface area contributed by atoms with Crippen molar-refractivity contribution >= 4 is 17.1 Å². The van der Waals surface area contributed by atoms with Crippen LogP contribution in [0.2, 0.25) is 0 Å². The summed E-state index contributed by atoms with van der Waals surface area (Å²) in [6.07, 6.45) is 0. The highest BCUT2D eigenvalue weighted by Crippen LogP contribution is 2.56. The van der Waals surface area contributed by atoms with E-state index in [1.54, 1.807) is 0 Å². The van der Waals surface area contributed by atoms with Gasteiger partial charge in [-0.15, -0.1) is 0 Å². The Kier molecular flexibility index (Phi) is 6.19. The van der Waals surface area contributed by atoms with Crippen LogP contribution in [0.4, 0.5) is 17.1 Å². The summed E-state index contributed by atoms with van der Waals surface area (Å²) in [7, 11) is 0. The Hall–Kier alpha value is -6.44. The molecule has 236 valence electrons. The summed E-state index contributed by atoms with van der Waals surface area (Å²) < 4.78 is 41.2. The van der Waals surface area contributed by atoms with Crippen molar-refractivity contribution in [2.45, 2.75) is 5.41 Å². The molecule has 0 saturated heterocycles. The van der Waals surface area contributed by atoms with Gasteiger partial charge < -0.3 is 4.90 Å². The molecule has 1 aliphatic carbocycles. The van der Waals surface area contributed by atoms with E-state index in [4.69, 9.17) is 6.85 Å². The number of anilines is 3. The molecular formula is C49H35N. The molecule has 0 radical (unpaired) electrons. The molecule has 0 heterocycles. The summed E-state index contributed by atoms with van der Waals surface area (Å²) in [5.41, 5.74) is 12.8. The molecule has 1 aliphatic rings. The van der Waals surface area contributed by atoms with E-state index in [-0.39, 0.29) is 29.7 Å². The second-order valence-electron chi connectivity index (χ2n) is 12.6. The largest absolute Gasteiger partial charge is 0.311 e. The van der Waals surface area contributed by atoms with Crippen molar-refractivity contribution in [3.05, 3.63) is 234 Å². The molecule has 0 aromatic heterocycles. The predicted molar refractivity (Wildman–Crippen MR) is 209 cm³/mol. The molecule has 0 aliphatic heterocycles.